The second-order valence-corrected chi connectivity index (χ2v) is 7.18. The number of ether oxygens (including phenoxy) is 2. The predicted molar refractivity (Wildman–Crippen MR) is 99.4 cm³/mol. The van der Waals surface area contributed by atoms with Crippen molar-refractivity contribution >= 4 is 34.0 Å². The van der Waals surface area contributed by atoms with Crippen LogP contribution in [0.1, 0.15) is 26.5 Å². The molecule has 0 fully saturated rings. The predicted octanol–water partition coefficient (Wildman–Crippen LogP) is 4.07. The molecular weight excluding hydrogens is 374 g/mol. The molecule has 0 saturated heterocycles. The van der Waals surface area contributed by atoms with Gasteiger partial charge in [0.25, 0.3) is 5.91 Å². The first-order valence-electron chi connectivity index (χ1n) is 7.86. The van der Waals surface area contributed by atoms with Crippen LogP contribution >= 0.6 is 22.9 Å². The molecule has 0 aliphatic carbocycles. The van der Waals surface area contributed by atoms with Gasteiger partial charge >= 0.3 is 0 Å². The third-order valence-electron chi connectivity index (χ3n) is 3.90. The maximum atomic E-state index is 12.3. The van der Waals surface area contributed by atoms with Gasteiger partial charge in [0, 0.05) is 23.1 Å². The minimum absolute atomic E-state index is 0.258. The molecule has 3 heterocycles. The number of benzene rings is 1. The molecule has 0 bridgehead atoms. The van der Waals surface area contributed by atoms with E-state index in [0.29, 0.717) is 17.1 Å². The van der Waals surface area contributed by atoms with Crippen molar-refractivity contribution in [3.8, 4) is 11.5 Å². The normalized spacial score (nSPS) is 12.2. The van der Waals surface area contributed by atoms with E-state index in [0.717, 1.165) is 27.6 Å². The maximum Gasteiger partial charge on any atom is 0.257 e. The van der Waals surface area contributed by atoms with E-state index in [2.05, 4.69) is 15.3 Å². The molecule has 0 atom stereocenters. The molecule has 26 heavy (non-hydrogen) atoms. The van der Waals surface area contributed by atoms with Crippen LogP contribution < -0.4 is 14.8 Å². The Labute approximate surface area is 158 Å². The van der Waals surface area contributed by atoms with Gasteiger partial charge in [-0.2, -0.15) is 0 Å². The highest BCUT2D eigenvalue weighted by molar-refractivity contribution is 7.15. The minimum atomic E-state index is -0.266. The summed E-state index contributed by atoms with van der Waals surface area (Å²) in [5.74, 6) is 1.25. The van der Waals surface area contributed by atoms with Gasteiger partial charge < -0.3 is 9.47 Å². The average Bonchev–Trinajstić information content (AvgIpc) is 3.21. The Morgan fingerprint density at radius 2 is 2.12 bits per heavy atom. The molecule has 6 nitrogen and oxygen atoms in total. The highest BCUT2D eigenvalue weighted by atomic mass is 35.5. The van der Waals surface area contributed by atoms with Gasteiger partial charge in [-0.1, -0.05) is 17.7 Å². The van der Waals surface area contributed by atoms with Crippen LogP contribution in [0.4, 0.5) is 5.13 Å². The van der Waals surface area contributed by atoms with Crippen LogP contribution in [0, 0.1) is 6.92 Å². The van der Waals surface area contributed by atoms with Gasteiger partial charge in [-0.05, 0) is 36.8 Å². The molecule has 132 valence electrons. The van der Waals surface area contributed by atoms with E-state index in [1.807, 2.05) is 25.1 Å². The quantitative estimate of drug-likeness (QED) is 0.683. The van der Waals surface area contributed by atoms with Crippen LogP contribution in [-0.4, -0.2) is 22.7 Å². The van der Waals surface area contributed by atoms with Gasteiger partial charge in [0.2, 0.25) is 6.79 Å². The molecule has 4 rings (SSSR count). The third kappa shape index (κ3) is 3.49. The summed E-state index contributed by atoms with van der Waals surface area (Å²) in [7, 11) is 0. The average molecular weight is 388 g/mol. The first-order valence-corrected chi connectivity index (χ1v) is 9.05. The summed E-state index contributed by atoms with van der Waals surface area (Å²) >= 11 is 7.28. The lowest BCUT2D eigenvalue weighted by Gasteiger charge is -2.02. The molecule has 1 aromatic carbocycles. The zero-order chi connectivity index (χ0) is 18.1. The number of anilines is 1. The van der Waals surface area contributed by atoms with E-state index in [1.54, 1.807) is 6.07 Å². The zero-order valence-electron chi connectivity index (χ0n) is 13.8. The van der Waals surface area contributed by atoms with Crippen LogP contribution in [0.2, 0.25) is 5.15 Å². The lowest BCUT2D eigenvalue weighted by molar-refractivity contribution is 0.102. The Morgan fingerprint density at radius 1 is 1.27 bits per heavy atom. The van der Waals surface area contributed by atoms with Crippen molar-refractivity contribution in [1.82, 2.24) is 9.97 Å². The van der Waals surface area contributed by atoms with E-state index in [9.17, 15) is 4.79 Å². The molecule has 0 saturated carbocycles. The standard InChI is InChI=1S/C18H14ClN3O3S/c1-10-15(7-11-2-3-13-14(6-11)25-9-24-13)26-18(21-10)22-17(23)12-4-5-20-16(19)8-12/h2-6,8H,7,9H2,1H3,(H,21,22,23). The number of amides is 1. The summed E-state index contributed by atoms with van der Waals surface area (Å²) in [6, 6.07) is 9.01. The minimum Gasteiger partial charge on any atom is -0.454 e. The number of hydrogen-bond acceptors (Lipinski definition) is 6. The van der Waals surface area contributed by atoms with Gasteiger partial charge in [-0.3, -0.25) is 10.1 Å². The number of nitrogens with one attached hydrogen (secondary N) is 1. The van der Waals surface area contributed by atoms with Crippen LogP contribution in [0.15, 0.2) is 36.5 Å². The number of aromatic nitrogens is 2. The van der Waals surface area contributed by atoms with Gasteiger partial charge in [0.05, 0.1) is 5.69 Å². The number of halogens is 1. The van der Waals surface area contributed by atoms with Crippen LogP contribution in [0.5, 0.6) is 11.5 Å². The summed E-state index contributed by atoms with van der Waals surface area (Å²) in [5, 5.41) is 3.64. The van der Waals surface area contributed by atoms with E-state index in [1.165, 1.54) is 23.6 Å². The van der Waals surface area contributed by atoms with Crippen molar-refractivity contribution in [2.24, 2.45) is 0 Å². The van der Waals surface area contributed by atoms with Crippen molar-refractivity contribution in [3.63, 3.8) is 0 Å². The molecule has 1 aliphatic heterocycles. The van der Waals surface area contributed by atoms with Crippen molar-refractivity contribution in [1.29, 1.82) is 0 Å². The number of aryl methyl sites for hydroxylation is 1. The van der Waals surface area contributed by atoms with Crippen molar-refractivity contribution in [3.05, 3.63) is 63.4 Å². The molecule has 0 unspecified atom stereocenters. The molecule has 0 radical (unpaired) electrons. The van der Waals surface area contributed by atoms with E-state index in [-0.39, 0.29) is 17.9 Å². The van der Waals surface area contributed by atoms with E-state index >= 15 is 0 Å². The summed E-state index contributed by atoms with van der Waals surface area (Å²) in [4.78, 5) is 21.7. The number of pyridine rings is 1. The highest BCUT2D eigenvalue weighted by Crippen LogP contribution is 2.34. The van der Waals surface area contributed by atoms with E-state index in [4.69, 9.17) is 21.1 Å². The number of carbonyl (C=O) groups excluding carboxylic acids is 1. The molecule has 1 N–H and O–H groups in total. The highest BCUT2D eigenvalue weighted by Gasteiger charge is 2.16. The number of carbonyl (C=O) groups is 1. The Hall–Kier alpha value is -2.64. The second kappa shape index (κ2) is 6.93. The van der Waals surface area contributed by atoms with Crippen molar-refractivity contribution < 1.29 is 14.3 Å². The Morgan fingerprint density at radius 3 is 2.96 bits per heavy atom. The lowest BCUT2D eigenvalue weighted by Crippen LogP contribution is -2.11. The molecule has 2 aromatic heterocycles. The Bertz CT molecular complexity index is 990. The van der Waals surface area contributed by atoms with Gasteiger partial charge in [0.15, 0.2) is 16.6 Å². The summed E-state index contributed by atoms with van der Waals surface area (Å²) < 4.78 is 10.7. The number of fused-ring (bicyclic) bond motifs is 1. The van der Waals surface area contributed by atoms with Gasteiger partial charge in [-0.15, -0.1) is 11.3 Å². The number of nitrogens with zero attached hydrogens (tertiary/aromatic N) is 2. The second-order valence-electron chi connectivity index (χ2n) is 5.71. The monoisotopic (exact) mass is 387 g/mol. The Balaban J connectivity index is 1.49. The number of thiazole rings is 1. The molecular formula is C18H14ClN3O3S. The molecule has 0 spiro atoms. The maximum absolute atomic E-state index is 12.3. The summed E-state index contributed by atoms with van der Waals surface area (Å²) in [5.41, 5.74) is 2.42. The molecule has 8 heteroatoms. The van der Waals surface area contributed by atoms with E-state index < -0.39 is 0 Å². The molecule has 3 aromatic rings. The van der Waals surface area contributed by atoms with Gasteiger partial charge in [-0.25, -0.2) is 9.97 Å². The van der Waals surface area contributed by atoms with Crippen LogP contribution in [0.3, 0.4) is 0 Å². The summed E-state index contributed by atoms with van der Waals surface area (Å²) in [6.07, 6.45) is 2.20. The Kier molecular flexibility index (Phi) is 4.48. The third-order valence-corrected chi connectivity index (χ3v) is 5.18. The largest absolute Gasteiger partial charge is 0.454 e. The fourth-order valence-electron chi connectivity index (χ4n) is 2.59. The topological polar surface area (TPSA) is 73.3 Å². The number of rotatable bonds is 4. The zero-order valence-corrected chi connectivity index (χ0v) is 15.4. The van der Waals surface area contributed by atoms with Gasteiger partial charge in [0.1, 0.15) is 5.15 Å². The molecule has 1 aliphatic rings. The number of hydrogen-bond donors (Lipinski definition) is 1. The van der Waals surface area contributed by atoms with Crippen molar-refractivity contribution in [2.75, 3.05) is 12.1 Å². The fraction of sp³-hybridized carbons (Fsp3) is 0.167. The summed E-state index contributed by atoms with van der Waals surface area (Å²) in [6.45, 7) is 2.19. The smallest absolute Gasteiger partial charge is 0.257 e. The fourth-order valence-corrected chi connectivity index (χ4v) is 3.76. The van der Waals surface area contributed by atoms with Crippen LogP contribution in [0.25, 0.3) is 0 Å². The first kappa shape index (κ1) is 16.8. The van der Waals surface area contributed by atoms with Crippen LogP contribution in [-0.2, 0) is 6.42 Å². The first-order chi connectivity index (χ1) is 12.6. The lowest BCUT2D eigenvalue weighted by atomic mass is 10.1. The molecule has 1 amide bonds. The SMILES string of the molecule is Cc1nc(NC(=O)c2ccnc(Cl)c2)sc1Cc1ccc2c(c1)OCO2. The van der Waals surface area contributed by atoms with Crippen molar-refractivity contribution in [2.45, 2.75) is 13.3 Å².